The molecule has 0 atom stereocenters. The van der Waals surface area contributed by atoms with Crippen molar-refractivity contribution in [3.8, 4) is 22.9 Å². The van der Waals surface area contributed by atoms with Crippen LogP contribution in [-0.4, -0.2) is 27.8 Å². The number of nitrogens with zero attached hydrogens (tertiary/aromatic N) is 1. The van der Waals surface area contributed by atoms with E-state index in [-0.39, 0.29) is 34.4 Å². The zero-order valence-electron chi connectivity index (χ0n) is 20.5. The lowest BCUT2D eigenvalue weighted by Gasteiger charge is -2.18. The molecule has 0 saturated heterocycles. The van der Waals surface area contributed by atoms with Crippen molar-refractivity contribution in [3.63, 3.8) is 0 Å². The van der Waals surface area contributed by atoms with E-state index in [2.05, 4.69) is 16.9 Å². The number of halogens is 1. The number of benzene rings is 3. The van der Waals surface area contributed by atoms with E-state index in [1.807, 2.05) is 54.1 Å². The highest BCUT2D eigenvalue weighted by Crippen LogP contribution is 2.31. The van der Waals surface area contributed by atoms with Crippen molar-refractivity contribution in [2.24, 2.45) is 7.05 Å². The predicted octanol–water partition coefficient (Wildman–Crippen LogP) is 5.35. The summed E-state index contributed by atoms with van der Waals surface area (Å²) in [6.45, 7) is 4.61. The number of hydrogen-bond donors (Lipinski definition) is 3. The number of thiazole rings is 1. The quantitative estimate of drug-likeness (QED) is 0.236. The van der Waals surface area contributed by atoms with Crippen LogP contribution in [0.4, 0.5) is 10.1 Å². The molecule has 5 aromatic rings. The number of anilines is 1. The standard InChI is InChI=1S/C29H24FN3O4S/c1-17(27-28(35)32-29(36)38-27)18-9-13-21(14-10-18)31-15-16-37-26-24(19-7-11-20(30)12-8-19)33(2)23-6-4-3-5-22(23)25(26)34/h3-14,31,35H,1,15-16H2,2H3,(H,32,36). The van der Waals surface area contributed by atoms with E-state index in [1.54, 1.807) is 18.2 Å². The van der Waals surface area contributed by atoms with Crippen molar-refractivity contribution in [3.05, 3.63) is 116 Å². The van der Waals surface area contributed by atoms with Gasteiger partial charge in [-0.3, -0.25) is 14.6 Å². The number of nitrogens with one attached hydrogen (secondary N) is 2. The van der Waals surface area contributed by atoms with Gasteiger partial charge in [0.1, 0.15) is 12.4 Å². The van der Waals surface area contributed by atoms with Gasteiger partial charge < -0.3 is 19.7 Å². The Labute approximate surface area is 221 Å². The molecule has 0 bridgehead atoms. The van der Waals surface area contributed by atoms with E-state index in [1.165, 1.54) is 12.1 Å². The van der Waals surface area contributed by atoms with Crippen LogP contribution in [0.5, 0.6) is 11.6 Å². The number of aryl methyl sites for hydroxylation is 1. The first-order valence-corrected chi connectivity index (χ1v) is 12.6. The summed E-state index contributed by atoms with van der Waals surface area (Å²) >= 11 is 0.900. The summed E-state index contributed by atoms with van der Waals surface area (Å²) in [6.07, 6.45) is 0. The van der Waals surface area contributed by atoms with Crippen molar-refractivity contribution >= 4 is 33.5 Å². The van der Waals surface area contributed by atoms with Gasteiger partial charge in [0.15, 0.2) is 5.75 Å². The average Bonchev–Trinajstić information content (AvgIpc) is 3.27. The number of aromatic amines is 1. The van der Waals surface area contributed by atoms with Gasteiger partial charge in [-0.25, -0.2) is 4.39 Å². The molecule has 2 aromatic heterocycles. The van der Waals surface area contributed by atoms with Gasteiger partial charge >= 0.3 is 4.87 Å². The summed E-state index contributed by atoms with van der Waals surface area (Å²) in [6, 6.07) is 20.7. The van der Waals surface area contributed by atoms with Crippen LogP contribution >= 0.6 is 11.3 Å². The SMILES string of the molecule is C=C(c1ccc(NCCOc2c(-c3ccc(F)cc3)n(C)c3ccccc3c2=O)cc1)c1sc(=O)[nH]c1O. The Morgan fingerprint density at radius 2 is 1.79 bits per heavy atom. The number of hydrogen-bond acceptors (Lipinski definition) is 6. The van der Waals surface area contributed by atoms with Gasteiger partial charge in [-0.15, -0.1) is 0 Å². The first-order chi connectivity index (χ1) is 18.3. The fourth-order valence-electron chi connectivity index (χ4n) is 4.32. The Morgan fingerprint density at radius 1 is 1.08 bits per heavy atom. The Kier molecular flexibility index (Phi) is 6.85. The fourth-order valence-corrected chi connectivity index (χ4v) is 5.04. The zero-order chi connectivity index (χ0) is 26.8. The first-order valence-electron chi connectivity index (χ1n) is 11.8. The fraction of sp³-hybridized carbons (Fsp3) is 0.103. The van der Waals surface area contributed by atoms with E-state index >= 15 is 0 Å². The van der Waals surface area contributed by atoms with Crippen LogP contribution in [0.2, 0.25) is 0 Å². The second kappa shape index (κ2) is 10.4. The molecule has 0 radical (unpaired) electrons. The summed E-state index contributed by atoms with van der Waals surface area (Å²) in [7, 11) is 1.85. The number of para-hydroxylation sites is 1. The molecule has 9 heteroatoms. The largest absolute Gasteiger partial charge is 0.493 e. The molecule has 2 heterocycles. The van der Waals surface area contributed by atoms with Gasteiger partial charge in [0.05, 0.1) is 16.1 Å². The predicted molar refractivity (Wildman–Crippen MR) is 150 cm³/mol. The normalized spacial score (nSPS) is 11.0. The Hall–Kier alpha value is -4.63. The lowest BCUT2D eigenvalue weighted by molar-refractivity contribution is 0.329. The second-order valence-electron chi connectivity index (χ2n) is 8.61. The molecule has 0 aliphatic carbocycles. The van der Waals surface area contributed by atoms with Gasteiger partial charge in [0.25, 0.3) is 0 Å². The number of aromatic hydroxyl groups is 1. The maximum Gasteiger partial charge on any atom is 0.307 e. The van der Waals surface area contributed by atoms with Crippen LogP contribution in [0.25, 0.3) is 27.7 Å². The Morgan fingerprint density at radius 3 is 2.47 bits per heavy atom. The van der Waals surface area contributed by atoms with Crippen molar-refractivity contribution in [1.29, 1.82) is 0 Å². The minimum absolute atomic E-state index is 0.191. The highest BCUT2D eigenvalue weighted by atomic mass is 32.1. The molecule has 0 aliphatic heterocycles. The number of aromatic nitrogens is 2. The molecule has 5 rings (SSSR count). The highest BCUT2D eigenvalue weighted by molar-refractivity contribution is 7.10. The molecule has 0 amide bonds. The summed E-state index contributed by atoms with van der Waals surface area (Å²) in [4.78, 5) is 27.2. The summed E-state index contributed by atoms with van der Waals surface area (Å²) in [5, 5.41) is 13.7. The summed E-state index contributed by atoms with van der Waals surface area (Å²) in [5.41, 5.74) is 3.91. The Balaban J connectivity index is 1.33. The Bertz CT molecular complexity index is 1750. The molecule has 3 N–H and O–H groups in total. The molecule has 0 aliphatic rings. The number of rotatable bonds is 8. The first kappa shape index (κ1) is 25.0. The van der Waals surface area contributed by atoms with E-state index in [4.69, 9.17) is 4.74 Å². The third-order valence-corrected chi connectivity index (χ3v) is 7.13. The van der Waals surface area contributed by atoms with Crippen LogP contribution in [0.3, 0.4) is 0 Å². The number of H-pyrrole nitrogens is 1. The molecular formula is C29H24FN3O4S. The van der Waals surface area contributed by atoms with Gasteiger partial charge in [0, 0.05) is 30.2 Å². The molecule has 0 unspecified atom stereocenters. The number of ether oxygens (including phenoxy) is 1. The average molecular weight is 530 g/mol. The highest BCUT2D eigenvalue weighted by Gasteiger charge is 2.18. The smallest absolute Gasteiger partial charge is 0.307 e. The van der Waals surface area contributed by atoms with Gasteiger partial charge in [-0.1, -0.05) is 42.2 Å². The topological polar surface area (TPSA) is 96.4 Å². The monoisotopic (exact) mass is 529 g/mol. The maximum absolute atomic E-state index is 13.6. The minimum atomic E-state index is -0.360. The minimum Gasteiger partial charge on any atom is -0.493 e. The lowest BCUT2D eigenvalue weighted by atomic mass is 10.1. The third-order valence-electron chi connectivity index (χ3n) is 6.20. The third kappa shape index (κ3) is 4.83. The molecule has 3 aromatic carbocycles. The molecule has 192 valence electrons. The molecule has 38 heavy (non-hydrogen) atoms. The maximum atomic E-state index is 13.6. The van der Waals surface area contributed by atoms with Crippen molar-refractivity contribution in [2.75, 3.05) is 18.5 Å². The van der Waals surface area contributed by atoms with Crippen LogP contribution < -0.4 is 20.4 Å². The van der Waals surface area contributed by atoms with E-state index in [0.29, 0.717) is 33.6 Å². The summed E-state index contributed by atoms with van der Waals surface area (Å²) < 4.78 is 21.5. The molecule has 0 saturated carbocycles. The van der Waals surface area contributed by atoms with Crippen LogP contribution in [0.1, 0.15) is 10.4 Å². The van der Waals surface area contributed by atoms with Gasteiger partial charge in [-0.05, 0) is 59.7 Å². The van der Waals surface area contributed by atoms with Crippen molar-refractivity contribution in [2.45, 2.75) is 0 Å². The van der Waals surface area contributed by atoms with Crippen molar-refractivity contribution < 1.29 is 14.2 Å². The van der Waals surface area contributed by atoms with Gasteiger partial charge in [0.2, 0.25) is 11.3 Å². The number of pyridine rings is 1. The van der Waals surface area contributed by atoms with Gasteiger partial charge in [-0.2, -0.15) is 0 Å². The number of fused-ring (bicyclic) bond motifs is 1. The second-order valence-corrected chi connectivity index (χ2v) is 9.60. The lowest BCUT2D eigenvalue weighted by Crippen LogP contribution is -2.19. The van der Waals surface area contributed by atoms with E-state index in [9.17, 15) is 19.1 Å². The molecule has 0 fully saturated rings. The van der Waals surface area contributed by atoms with Crippen LogP contribution in [0.15, 0.2) is 89.0 Å². The van der Waals surface area contributed by atoms with Crippen LogP contribution in [0, 0.1) is 5.82 Å². The van der Waals surface area contributed by atoms with Crippen LogP contribution in [-0.2, 0) is 7.05 Å². The summed E-state index contributed by atoms with van der Waals surface area (Å²) in [5.74, 6) is -0.345. The molecule has 7 nitrogen and oxygen atoms in total. The zero-order valence-corrected chi connectivity index (χ0v) is 21.3. The van der Waals surface area contributed by atoms with Crippen molar-refractivity contribution in [1.82, 2.24) is 9.55 Å². The molecular weight excluding hydrogens is 505 g/mol. The van der Waals surface area contributed by atoms with E-state index < -0.39 is 0 Å². The van der Waals surface area contributed by atoms with E-state index in [0.717, 1.165) is 28.1 Å². The molecule has 0 spiro atoms.